The van der Waals surface area contributed by atoms with Gasteiger partial charge in [0.2, 0.25) is 5.95 Å². The molecule has 1 saturated carbocycles. The molecule has 160 valence electrons. The van der Waals surface area contributed by atoms with Gasteiger partial charge in [-0.25, -0.2) is 24.8 Å². The zero-order valence-electron chi connectivity index (χ0n) is 16.7. The van der Waals surface area contributed by atoms with Crippen molar-refractivity contribution in [1.29, 1.82) is 0 Å². The zero-order chi connectivity index (χ0) is 21.4. The average Bonchev–Trinajstić information content (AvgIpc) is 3.46. The molecule has 1 aliphatic carbocycles. The van der Waals surface area contributed by atoms with E-state index in [0.717, 1.165) is 31.0 Å². The van der Waals surface area contributed by atoms with Crippen molar-refractivity contribution in [3.05, 3.63) is 71.3 Å². The summed E-state index contributed by atoms with van der Waals surface area (Å²) < 4.78 is 15.2. The smallest absolute Gasteiger partial charge is 0.277 e. The van der Waals surface area contributed by atoms with Gasteiger partial charge >= 0.3 is 0 Å². The number of fused-ring (bicyclic) bond motifs is 1. The molecule has 1 fully saturated rings. The number of hydrogen-bond acceptors (Lipinski definition) is 7. The Morgan fingerprint density at radius 1 is 1.19 bits per heavy atom. The van der Waals surface area contributed by atoms with E-state index in [1.807, 2.05) is 17.0 Å². The van der Waals surface area contributed by atoms with Gasteiger partial charge in [-0.05, 0) is 24.1 Å². The molecule has 1 amide bonds. The number of hydroxylamine groups is 1. The molecule has 2 atom stereocenters. The highest BCUT2D eigenvalue weighted by atomic mass is 19.1. The number of carbonyl (C=O) groups excluding carboxylic acids is 1. The largest absolute Gasteiger partial charge is 0.332 e. The highest BCUT2D eigenvalue weighted by Gasteiger charge is 2.37. The maximum Gasteiger partial charge on any atom is 0.277 e. The highest BCUT2D eigenvalue weighted by Crippen LogP contribution is 2.40. The summed E-state index contributed by atoms with van der Waals surface area (Å²) in [6.07, 6.45) is 5.90. The molecule has 9 nitrogen and oxygen atoms in total. The molecule has 0 radical (unpaired) electrons. The SMILES string of the molecule is O=C(NO)c1cnc(N2CCn3cc(CNC4CC4c4ccc(F)cc4)nc3C2)nc1. The number of benzene rings is 1. The van der Waals surface area contributed by atoms with Crippen LogP contribution in [0.3, 0.4) is 0 Å². The molecule has 1 aromatic carbocycles. The molecule has 2 aliphatic rings. The molecule has 2 unspecified atom stereocenters. The lowest BCUT2D eigenvalue weighted by atomic mass is 10.1. The van der Waals surface area contributed by atoms with Gasteiger partial charge in [0.1, 0.15) is 11.6 Å². The van der Waals surface area contributed by atoms with E-state index < -0.39 is 5.91 Å². The first-order chi connectivity index (χ1) is 15.1. The maximum atomic E-state index is 13.1. The molecule has 0 spiro atoms. The summed E-state index contributed by atoms with van der Waals surface area (Å²) in [7, 11) is 0. The number of anilines is 1. The van der Waals surface area contributed by atoms with Crippen LogP contribution in [0.15, 0.2) is 42.9 Å². The standard InChI is InChI=1S/C21H22FN7O2/c22-15-3-1-13(2-4-15)17-7-18(17)23-10-16-11-28-5-6-29(12-19(28)26-16)21-24-8-14(9-25-21)20(30)27-31/h1-4,8-9,11,17-18,23,31H,5-7,10,12H2,(H,27,30). The molecule has 2 aromatic heterocycles. The lowest BCUT2D eigenvalue weighted by molar-refractivity contribution is 0.0705. The van der Waals surface area contributed by atoms with Crippen LogP contribution in [0.4, 0.5) is 10.3 Å². The number of halogens is 1. The molecule has 0 saturated heterocycles. The predicted molar refractivity (Wildman–Crippen MR) is 109 cm³/mol. The average molecular weight is 423 g/mol. The van der Waals surface area contributed by atoms with E-state index in [1.54, 1.807) is 5.48 Å². The van der Waals surface area contributed by atoms with Crippen LogP contribution < -0.4 is 15.7 Å². The Bertz CT molecular complexity index is 1080. The molecule has 10 heteroatoms. The van der Waals surface area contributed by atoms with Crippen LogP contribution in [0.2, 0.25) is 0 Å². The van der Waals surface area contributed by atoms with Crippen LogP contribution in [0, 0.1) is 5.82 Å². The summed E-state index contributed by atoms with van der Waals surface area (Å²) in [5.74, 6) is 1.04. The molecule has 3 N–H and O–H groups in total. The zero-order valence-corrected chi connectivity index (χ0v) is 16.7. The minimum atomic E-state index is -0.643. The van der Waals surface area contributed by atoms with Crippen molar-refractivity contribution in [3.8, 4) is 0 Å². The van der Waals surface area contributed by atoms with Gasteiger partial charge in [-0.15, -0.1) is 0 Å². The minimum absolute atomic E-state index is 0.192. The van der Waals surface area contributed by atoms with Crippen molar-refractivity contribution in [3.63, 3.8) is 0 Å². The van der Waals surface area contributed by atoms with Crippen LogP contribution in [-0.4, -0.2) is 43.2 Å². The lowest BCUT2D eigenvalue weighted by Crippen LogP contribution is -2.34. The van der Waals surface area contributed by atoms with Crippen molar-refractivity contribution >= 4 is 11.9 Å². The first-order valence-corrected chi connectivity index (χ1v) is 10.2. The van der Waals surface area contributed by atoms with Crippen LogP contribution >= 0.6 is 0 Å². The number of nitrogens with zero attached hydrogens (tertiary/aromatic N) is 5. The van der Waals surface area contributed by atoms with Gasteiger partial charge in [0.05, 0.1) is 17.8 Å². The van der Waals surface area contributed by atoms with Gasteiger partial charge in [-0.3, -0.25) is 10.0 Å². The molecule has 3 aromatic rings. The second-order valence-corrected chi connectivity index (χ2v) is 7.86. The summed E-state index contributed by atoms with van der Waals surface area (Å²) in [5.41, 5.74) is 3.91. The van der Waals surface area contributed by atoms with Crippen molar-refractivity contribution in [1.82, 2.24) is 30.3 Å². The van der Waals surface area contributed by atoms with Gasteiger partial charge in [-0.2, -0.15) is 0 Å². The summed E-state index contributed by atoms with van der Waals surface area (Å²) in [6, 6.07) is 7.13. The fraction of sp³-hybridized carbons (Fsp3) is 0.333. The Morgan fingerprint density at radius 3 is 2.71 bits per heavy atom. The second-order valence-electron chi connectivity index (χ2n) is 7.86. The van der Waals surface area contributed by atoms with E-state index in [4.69, 9.17) is 10.2 Å². The molecular formula is C21H22FN7O2. The number of aromatic nitrogens is 4. The Morgan fingerprint density at radius 2 is 1.97 bits per heavy atom. The number of hydrogen-bond donors (Lipinski definition) is 3. The summed E-state index contributed by atoms with van der Waals surface area (Å²) in [6.45, 7) is 2.76. The van der Waals surface area contributed by atoms with E-state index in [2.05, 4.69) is 26.0 Å². The summed E-state index contributed by atoms with van der Waals surface area (Å²) >= 11 is 0. The number of rotatable bonds is 6. The van der Waals surface area contributed by atoms with E-state index in [9.17, 15) is 9.18 Å². The molecular weight excluding hydrogens is 401 g/mol. The van der Waals surface area contributed by atoms with Crippen LogP contribution in [0.5, 0.6) is 0 Å². The first kappa shape index (κ1) is 19.6. The van der Waals surface area contributed by atoms with Crippen molar-refractivity contribution in [2.24, 2.45) is 0 Å². The quantitative estimate of drug-likeness (QED) is 0.408. The Balaban J connectivity index is 1.18. The van der Waals surface area contributed by atoms with E-state index in [0.29, 0.717) is 31.0 Å². The molecule has 31 heavy (non-hydrogen) atoms. The van der Waals surface area contributed by atoms with Crippen molar-refractivity contribution < 1.29 is 14.4 Å². The van der Waals surface area contributed by atoms with E-state index >= 15 is 0 Å². The third-order valence-electron chi connectivity index (χ3n) is 5.77. The Labute approximate surface area is 177 Å². The van der Waals surface area contributed by atoms with Crippen molar-refractivity contribution in [2.75, 3.05) is 11.4 Å². The van der Waals surface area contributed by atoms with Gasteiger partial charge in [0.25, 0.3) is 5.91 Å². The van der Waals surface area contributed by atoms with Crippen LogP contribution in [0.25, 0.3) is 0 Å². The lowest BCUT2D eigenvalue weighted by Gasteiger charge is -2.27. The predicted octanol–water partition coefficient (Wildman–Crippen LogP) is 1.60. The number of imidazole rings is 1. The molecule has 0 bridgehead atoms. The monoisotopic (exact) mass is 423 g/mol. The summed E-state index contributed by atoms with van der Waals surface area (Å²) in [5, 5.41) is 12.2. The number of amides is 1. The first-order valence-electron chi connectivity index (χ1n) is 10.2. The minimum Gasteiger partial charge on any atom is -0.332 e. The number of nitrogens with one attached hydrogen (secondary N) is 2. The van der Waals surface area contributed by atoms with Gasteiger partial charge in [0.15, 0.2) is 0 Å². The molecule has 3 heterocycles. The topological polar surface area (TPSA) is 108 Å². The third-order valence-corrected chi connectivity index (χ3v) is 5.77. The normalized spacial score (nSPS) is 19.7. The Kier molecular flexibility index (Phi) is 5.08. The van der Waals surface area contributed by atoms with Gasteiger partial charge in [-0.1, -0.05) is 12.1 Å². The summed E-state index contributed by atoms with van der Waals surface area (Å²) in [4.78, 5) is 26.6. The number of carbonyl (C=O) groups is 1. The molecule has 5 rings (SSSR count). The van der Waals surface area contributed by atoms with Crippen LogP contribution in [0.1, 0.15) is 39.8 Å². The Hall–Kier alpha value is -3.37. The van der Waals surface area contributed by atoms with E-state index in [1.165, 1.54) is 30.1 Å². The van der Waals surface area contributed by atoms with E-state index in [-0.39, 0.29) is 11.4 Å². The highest BCUT2D eigenvalue weighted by molar-refractivity contribution is 5.92. The second kappa shape index (κ2) is 8.05. The fourth-order valence-corrected chi connectivity index (χ4v) is 3.97. The van der Waals surface area contributed by atoms with Gasteiger partial charge in [0, 0.05) is 50.2 Å². The maximum absolute atomic E-state index is 13.1. The third kappa shape index (κ3) is 4.12. The van der Waals surface area contributed by atoms with Crippen molar-refractivity contribution in [2.45, 2.75) is 38.0 Å². The van der Waals surface area contributed by atoms with Gasteiger partial charge < -0.3 is 14.8 Å². The fourth-order valence-electron chi connectivity index (χ4n) is 3.97. The molecule has 1 aliphatic heterocycles. The van der Waals surface area contributed by atoms with Crippen LogP contribution in [-0.2, 0) is 19.6 Å².